The molecule has 0 saturated heterocycles. The third-order valence-corrected chi connectivity index (χ3v) is 6.07. The number of carbonyl (C=O) groups is 1. The second-order valence-electron chi connectivity index (χ2n) is 6.84. The monoisotopic (exact) mass is 454 g/mol. The minimum Gasteiger partial charge on any atom is -0.493 e. The Kier molecular flexibility index (Phi) is 7.97. The average molecular weight is 455 g/mol. The van der Waals surface area contributed by atoms with Crippen molar-refractivity contribution in [2.45, 2.75) is 25.9 Å². The number of hydrogen-bond donors (Lipinski definition) is 0. The van der Waals surface area contributed by atoms with Gasteiger partial charge in [-0.1, -0.05) is 24.6 Å². The number of likely N-dealkylation sites (N-methyl/N-ethyl adjacent to an activating group) is 1. The van der Waals surface area contributed by atoms with Gasteiger partial charge in [-0.05, 0) is 48.4 Å². The molecule has 0 fully saturated rings. The fourth-order valence-corrected chi connectivity index (χ4v) is 4.55. The van der Waals surface area contributed by atoms with Crippen LogP contribution in [0.2, 0.25) is 5.02 Å². The van der Waals surface area contributed by atoms with E-state index < -0.39 is 16.1 Å². The fourth-order valence-electron chi connectivity index (χ4n) is 3.22. The first kappa shape index (κ1) is 23.8. The van der Waals surface area contributed by atoms with E-state index in [2.05, 4.69) is 0 Å². The first-order chi connectivity index (χ1) is 14.1. The van der Waals surface area contributed by atoms with Crippen molar-refractivity contribution in [1.29, 1.82) is 0 Å². The molecule has 2 rings (SSSR count). The SMILES string of the molecule is CC[C@H](C(=O)N(C)Cc1ccc(OC)c(OC)c1)N(c1ccc(Cl)cc1)S(C)(=O)=O. The van der Waals surface area contributed by atoms with Gasteiger partial charge in [-0.3, -0.25) is 9.10 Å². The molecule has 0 aliphatic carbocycles. The van der Waals surface area contributed by atoms with Gasteiger partial charge >= 0.3 is 0 Å². The number of amides is 1. The predicted octanol–water partition coefficient (Wildman–Crippen LogP) is 3.56. The maximum absolute atomic E-state index is 13.2. The summed E-state index contributed by atoms with van der Waals surface area (Å²) in [6.07, 6.45) is 1.40. The molecule has 0 N–H and O–H groups in total. The van der Waals surface area contributed by atoms with Crippen LogP contribution in [0.4, 0.5) is 5.69 Å². The van der Waals surface area contributed by atoms with Crippen molar-refractivity contribution in [3.8, 4) is 11.5 Å². The number of benzene rings is 2. The Morgan fingerprint density at radius 1 is 1.07 bits per heavy atom. The van der Waals surface area contributed by atoms with Crippen molar-refractivity contribution in [3.63, 3.8) is 0 Å². The maximum Gasteiger partial charge on any atom is 0.246 e. The van der Waals surface area contributed by atoms with Crippen LogP contribution < -0.4 is 13.8 Å². The van der Waals surface area contributed by atoms with E-state index in [1.54, 1.807) is 64.6 Å². The van der Waals surface area contributed by atoms with E-state index in [0.717, 1.165) is 16.1 Å². The maximum atomic E-state index is 13.2. The minimum atomic E-state index is -3.71. The minimum absolute atomic E-state index is 0.286. The third-order valence-electron chi connectivity index (χ3n) is 4.64. The van der Waals surface area contributed by atoms with Gasteiger partial charge in [-0.2, -0.15) is 0 Å². The van der Waals surface area contributed by atoms with Gasteiger partial charge in [0, 0.05) is 18.6 Å². The molecule has 30 heavy (non-hydrogen) atoms. The fraction of sp³-hybridized carbons (Fsp3) is 0.381. The molecule has 1 atom stereocenters. The highest BCUT2D eigenvalue weighted by Gasteiger charge is 2.33. The summed E-state index contributed by atoms with van der Waals surface area (Å²) in [4.78, 5) is 14.7. The van der Waals surface area contributed by atoms with Crippen LogP contribution in [0.3, 0.4) is 0 Å². The molecule has 0 heterocycles. The highest BCUT2D eigenvalue weighted by molar-refractivity contribution is 7.92. The number of carbonyl (C=O) groups excluding carboxylic acids is 1. The number of anilines is 1. The lowest BCUT2D eigenvalue weighted by Crippen LogP contribution is -2.49. The van der Waals surface area contributed by atoms with Crippen molar-refractivity contribution in [2.24, 2.45) is 0 Å². The zero-order chi connectivity index (χ0) is 22.5. The van der Waals surface area contributed by atoms with Crippen LogP contribution in [-0.4, -0.2) is 52.8 Å². The Bertz CT molecular complexity index is 979. The van der Waals surface area contributed by atoms with Crippen molar-refractivity contribution < 1.29 is 22.7 Å². The molecule has 2 aromatic rings. The molecule has 2 aromatic carbocycles. The summed E-state index contributed by atoms with van der Waals surface area (Å²) in [6, 6.07) is 10.9. The molecule has 0 saturated carbocycles. The van der Waals surface area contributed by atoms with Crippen LogP contribution in [0.25, 0.3) is 0 Å². The predicted molar refractivity (Wildman–Crippen MR) is 119 cm³/mol. The van der Waals surface area contributed by atoms with Gasteiger partial charge in [0.1, 0.15) is 6.04 Å². The molecular formula is C21H27ClN2O5S. The summed E-state index contributed by atoms with van der Waals surface area (Å²) in [5.41, 5.74) is 1.22. The Morgan fingerprint density at radius 2 is 1.67 bits per heavy atom. The molecule has 0 bridgehead atoms. The summed E-state index contributed by atoms with van der Waals surface area (Å²) < 4.78 is 36.8. The Hall–Kier alpha value is -2.45. The van der Waals surface area contributed by atoms with E-state index in [4.69, 9.17) is 21.1 Å². The van der Waals surface area contributed by atoms with Gasteiger partial charge in [-0.15, -0.1) is 0 Å². The van der Waals surface area contributed by atoms with Crippen molar-refractivity contribution in [1.82, 2.24) is 4.90 Å². The first-order valence-electron chi connectivity index (χ1n) is 9.33. The zero-order valence-corrected chi connectivity index (χ0v) is 19.3. The quantitative estimate of drug-likeness (QED) is 0.579. The van der Waals surface area contributed by atoms with Gasteiger partial charge in [0.15, 0.2) is 11.5 Å². The zero-order valence-electron chi connectivity index (χ0n) is 17.8. The van der Waals surface area contributed by atoms with E-state index in [-0.39, 0.29) is 12.5 Å². The van der Waals surface area contributed by atoms with Gasteiger partial charge in [0.25, 0.3) is 0 Å². The van der Waals surface area contributed by atoms with E-state index in [9.17, 15) is 13.2 Å². The lowest BCUT2D eigenvalue weighted by molar-refractivity contribution is -0.131. The van der Waals surface area contributed by atoms with Crippen LogP contribution in [0, 0.1) is 0 Å². The molecule has 164 valence electrons. The molecule has 7 nitrogen and oxygen atoms in total. The Labute approximate surface area is 183 Å². The topological polar surface area (TPSA) is 76.2 Å². The highest BCUT2D eigenvalue weighted by atomic mass is 35.5. The van der Waals surface area contributed by atoms with Gasteiger partial charge in [-0.25, -0.2) is 8.42 Å². The van der Waals surface area contributed by atoms with Crippen LogP contribution >= 0.6 is 11.6 Å². The molecule has 9 heteroatoms. The Morgan fingerprint density at radius 3 is 2.17 bits per heavy atom. The summed E-state index contributed by atoms with van der Waals surface area (Å²) in [5.74, 6) is 0.835. The van der Waals surface area contributed by atoms with E-state index in [0.29, 0.717) is 28.6 Å². The molecular weight excluding hydrogens is 428 g/mol. The average Bonchev–Trinajstić information content (AvgIpc) is 2.71. The lowest BCUT2D eigenvalue weighted by Gasteiger charge is -2.33. The van der Waals surface area contributed by atoms with E-state index in [1.165, 1.54) is 4.90 Å². The number of sulfonamides is 1. The second kappa shape index (κ2) is 10.0. The number of methoxy groups -OCH3 is 2. The molecule has 0 aliphatic heterocycles. The molecule has 0 aliphatic rings. The normalized spacial score (nSPS) is 12.2. The second-order valence-corrected chi connectivity index (χ2v) is 9.14. The van der Waals surface area contributed by atoms with E-state index in [1.807, 2.05) is 6.07 Å². The van der Waals surface area contributed by atoms with Crippen LogP contribution in [0.5, 0.6) is 11.5 Å². The molecule has 0 unspecified atom stereocenters. The summed E-state index contributed by atoms with van der Waals surface area (Å²) >= 11 is 5.93. The number of rotatable bonds is 9. The molecule has 0 aromatic heterocycles. The highest BCUT2D eigenvalue weighted by Crippen LogP contribution is 2.29. The van der Waals surface area contributed by atoms with Gasteiger partial charge in [0.05, 0.1) is 26.2 Å². The summed E-state index contributed by atoms with van der Waals surface area (Å²) in [7, 11) is 1.03. The molecule has 1 amide bonds. The van der Waals surface area contributed by atoms with Crippen LogP contribution in [0.1, 0.15) is 18.9 Å². The van der Waals surface area contributed by atoms with Crippen molar-refractivity contribution in [3.05, 3.63) is 53.1 Å². The summed E-state index contributed by atoms with van der Waals surface area (Å²) in [5, 5.41) is 0.483. The van der Waals surface area contributed by atoms with Gasteiger partial charge in [0.2, 0.25) is 15.9 Å². The lowest BCUT2D eigenvalue weighted by atomic mass is 10.1. The molecule has 0 radical (unpaired) electrons. The van der Waals surface area contributed by atoms with Gasteiger partial charge < -0.3 is 14.4 Å². The van der Waals surface area contributed by atoms with E-state index >= 15 is 0 Å². The summed E-state index contributed by atoms with van der Waals surface area (Å²) in [6.45, 7) is 2.06. The number of ether oxygens (including phenoxy) is 2. The van der Waals surface area contributed by atoms with Crippen molar-refractivity contribution >= 4 is 33.2 Å². The van der Waals surface area contributed by atoms with Crippen LogP contribution in [0.15, 0.2) is 42.5 Å². The van der Waals surface area contributed by atoms with Crippen molar-refractivity contribution in [2.75, 3.05) is 31.8 Å². The standard InChI is InChI=1S/C21H27ClN2O5S/c1-6-18(24(30(5,26)27)17-10-8-16(22)9-11-17)21(25)23(2)14-15-7-12-19(28-3)20(13-15)29-4/h7-13,18H,6,14H2,1-5H3/t18-/m1/s1. The largest absolute Gasteiger partial charge is 0.493 e. The number of halogens is 1. The molecule has 0 spiro atoms. The number of nitrogens with zero attached hydrogens (tertiary/aromatic N) is 2. The third kappa shape index (κ3) is 5.58. The first-order valence-corrected chi connectivity index (χ1v) is 11.6. The Balaban J connectivity index is 2.31. The van der Waals surface area contributed by atoms with Crippen LogP contribution in [-0.2, 0) is 21.4 Å². The smallest absolute Gasteiger partial charge is 0.246 e. The number of hydrogen-bond acceptors (Lipinski definition) is 5.